The predicted molar refractivity (Wildman–Crippen MR) is 55.5 cm³/mol. The molecular formula is C12H17N. The van der Waals surface area contributed by atoms with E-state index in [4.69, 9.17) is 5.73 Å². The molecule has 0 radical (unpaired) electrons. The van der Waals surface area contributed by atoms with Crippen LogP contribution in [0.2, 0.25) is 0 Å². The zero-order valence-corrected chi connectivity index (χ0v) is 8.22. The average molecular weight is 175 g/mol. The first kappa shape index (κ1) is 8.76. The molecule has 0 saturated heterocycles. The molecular weight excluding hydrogens is 158 g/mol. The zero-order valence-electron chi connectivity index (χ0n) is 8.22. The highest BCUT2D eigenvalue weighted by atomic mass is 14.8. The first-order chi connectivity index (χ1) is 6.22. The molecule has 0 aromatic heterocycles. The zero-order chi connectivity index (χ0) is 9.31. The fraction of sp³-hybridized carbons (Fsp3) is 0.500. The molecule has 1 nitrogen and oxygen atoms in total. The number of benzene rings is 1. The Balaban J connectivity index is 2.39. The van der Waals surface area contributed by atoms with E-state index in [0.29, 0.717) is 0 Å². The van der Waals surface area contributed by atoms with Gasteiger partial charge in [-0.15, -0.1) is 0 Å². The summed E-state index contributed by atoms with van der Waals surface area (Å²) >= 11 is 0. The normalized spacial score (nSPS) is 20.5. The maximum Gasteiger partial charge on any atom is 0.0412 e. The van der Waals surface area contributed by atoms with Crippen molar-refractivity contribution in [1.82, 2.24) is 0 Å². The summed E-state index contributed by atoms with van der Waals surface area (Å²) in [5.41, 5.74) is 9.05. The smallest absolute Gasteiger partial charge is 0.0412 e. The van der Waals surface area contributed by atoms with E-state index in [2.05, 4.69) is 31.2 Å². The van der Waals surface area contributed by atoms with E-state index in [-0.39, 0.29) is 5.54 Å². The predicted octanol–water partition coefficient (Wildman–Crippen LogP) is 2.72. The van der Waals surface area contributed by atoms with Crippen LogP contribution >= 0.6 is 0 Å². The summed E-state index contributed by atoms with van der Waals surface area (Å²) in [5, 5.41) is 0. The minimum absolute atomic E-state index is 0.0225. The molecule has 1 saturated carbocycles. The van der Waals surface area contributed by atoms with Crippen molar-refractivity contribution in [1.29, 1.82) is 0 Å². The van der Waals surface area contributed by atoms with E-state index >= 15 is 0 Å². The molecule has 1 aliphatic carbocycles. The molecule has 2 N–H and O–H groups in total. The van der Waals surface area contributed by atoms with Crippen molar-refractivity contribution in [2.45, 2.75) is 38.1 Å². The Morgan fingerprint density at radius 1 is 1.15 bits per heavy atom. The van der Waals surface area contributed by atoms with Crippen molar-refractivity contribution in [3.05, 3.63) is 35.4 Å². The Bertz CT molecular complexity index is 298. The van der Waals surface area contributed by atoms with Gasteiger partial charge in [0.1, 0.15) is 0 Å². The van der Waals surface area contributed by atoms with Crippen LogP contribution in [0.25, 0.3) is 0 Å². The van der Waals surface area contributed by atoms with Gasteiger partial charge in [-0.05, 0) is 30.9 Å². The minimum atomic E-state index is -0.0225. The Kier molecular flexibility index (Phi) is 2.12. The Hall–Kier alpha value is -0.820. The molecule has 1 fully saturated rings. The molecule has 0 atom stereocenters. The number of aryl methyl sites for hydroxylation is 1. The Morgan fingerprint density at radius 3 is 2.38 bits per heavy atom. The van der Waals surface area contributed by atoms with Gasteiger partial charge in [0.25, 0.3) is 0 Å². The summed E-state index contributed by atoms with van der Waals surface area (Å²) in [6.07, 6.45) is 4.87. The first-order valence-corrected chi connectivity index (χ1v) is 5.07. The molecule has 1 aromatic rings. The largest absolute Gasteiger partial charge is 0.321 e. The van der Waals surface area contributed by atoms with Crippen molar-refractivity contribution in [2.75, 3.05) is 0 Å². The molecule has 1 aromatic carbocycles. The summed E-state index contributed by atoms with van der Waals surface area (Å²) < 4.78 is 0. The van der Waals surface area contributed by atoms with E-state index in [1.807, 2.05) is 0 Å². The maximum absolute atomic E-state index is 6.38. The van der Waals surface area contributed by atoms with Crippen molar-refractivity contribution >= 4 is 0 Å². The number of nitrogens with two attached hydrogens (primary N) is 1. The second-order valence-corrected chi connectivity index (χ2v) is 4.18. The molecule has 70 valence electrons. The molecule has 1 heteroatoms. The van der Waals surface area contributed by atoms with Crippen LogP contribution in [0.1, 0.15) is 36.8 Å². The van der Waals surface area contributed by atoms with Crippen molar-refractivity contribution in [2.24, 2.45) is 5.73 Å². The third kappa shape index (κ3) is 1.49. The third-order valence-corrected chi connectivity index (χ3v) is 3.18. The van der Waals surface area contributed by atoms with Gasteiger partial charge in [0.2, 0.25) is 0 Å². The van der Waals surface area contributed by atoms with Gasteiger partial charge < -0.3 is 5.73 Å². The summed E-state index contributed by atoms with van der Waals surface area (Å²) in [5.74, 6) is 0. The van der Waals surface area contributed by atoms with Crippen molar-refractivity contribution < 1.29 is 0 Å². The fourth-order valence-corrected chi connectivity index (χ4v) is 2.41. The Morgan fingerprint density at radius 2 is 1.77 bits per heavy atom. The lowest BCUT2D eigenvalue weighted by Gasteiger charge is -2.25. The van der Waals surface area contributed by atoms with Gasteiger partial charge in [-0.3, -0.25) is 0 Å². The molecule has 1 aliphatic rings. The summed E-state index contributed by atoms with van der Waals surface area (Å²) in [6, 6.07) is 8.51. The van der Waals surface area contributed by atoms with Crippen LogP contribution in [0.15, 0.2) is 24.3 Å². The minimum Gasteiger partial charge on any atom is -0.321 e. The van der Waals surface area contributed by atoms with Crippen LogP contribution in [0.5, 0.6) is 0 Å². The highest BCUT2D eigenvalue weighted by molar-refractivity contribution is 5.33. The van der Waals surface area contributed by atoms with Gasteiger partial charge in [-0.25, -0.2) is 0 Å². The van der Waals surface area contributed by atoms with E-state index in [9.17, 15) is 0 Å². The lowest BCUT2D eigenvalue weighted by molar-refractivity contribution is 0.459. The van der Waals surface area contributed by atoms with E-state index in [1.54, 1.807) is 0 Å². The van der Waals surface area contributed by atoms with Gasteiger partial charge in [-0.2, -0.15) is 0 Å². The van der Waals surface area contributed by atoms with E-state index in [0.717, 1.165) is 12.8 Å². The molecule has 2 rings (SSSR count). The summed E-state index contributed by atoms with van der Waals surface area (Å²) in [7, 11) is 0. The third-order valence-electron chi connectivity index (χ3n) is 3.18. The lowest BCUT2D eigenvalue weighted by Crippen LogP contribution is -2.33. The monoisotopic (exact) mass is 175 g/mol. The number of hydrogen-bond acceptors (Lipinski definition) is 1. The van der Waals surface area contributed by atoms with Crippen LogP contribution in [0.4, 0.5) is 0 Å². The van der Waals surface area contributed by atoms with Crippen LogP contribution < -0.4 is 5.73 Å². The van der Waals surface area contributed by atoms with Gasteiger partial charge in [-0.1, -0.05) is 37.1 Å². The quantitative estimate of drug-likeness (QED) is 0.697. The highest BCUT2D eigenvalue weighted by Crippen LogP contribution is 2.37. The van der Waals surface area contributed by atoms with Crippen molar-refractivity contribution in [3.63, 3.8) is 0 Å². The maximum atomic E-state index is 6.38. The van der Waals surface area contributed by atoms with Gasteiger partial charge in [0.15, 0.2) is 0 Å². The summed E-state index contributed by atoms with van der Waals surface area (Å²) in [6.45, 7) is 2.16. The first-order valence-electron chi connectivity index (χ1n) is 5.07. The number of rotatable bonds is 1. The molecule has 0 bridgehead atoms. The molecule has 0 heterocycles. The molecule has 13 heavy (non-hydrogen) atoms. The Labute approximate surface area is 80.0 Å². The molecule has 0 spiro atoms. The average Bonchev–Trinajstić information content (AvgIpc) is 2.54. The molecule has 0 amide bonds. The van der Waals surface area contributed by atoms with Crippen LogP contribution in [-0.2, 0) is 5.54 Å². The van der Waals surface area contributed by atoms with E-state index < -0.39 is 0 Å². The van der Waals surface area contributed by atoms with Gasteiger partial charge >= 0.3 is 0 Å². The second-order valence-electron chi connectivity index (χ2n) is 4.18. The molecule has 0 unspecified atom stereocenters. The van der Waals surface area contributed by atoms with Gasteiger partial charge in [0, 0.05) is 5.54 Å². The SMILES string of the molecule is Cc1ccccc1C1(N)CCCC1. The highest BCUT2D eigenvalue weighted by Gasteiger charge is 2.31. The molecule has 0 aliphatic heterocycles. The lowest BCUT2D eigenvalue weighted by atomic mass is 9.86. The standard InChI is InChI=1S/C12H17N/c1-10-6-2-3-7-11(10)12(13)8-4-5-9-12/h2-3,6-7H,4-5,8-9,13H2,1H3. The summed E-state index contributed by atoms with van der Waals surface area (Å²) in [4.78, 5) is 0. The van der Waals surface area contributed by atoms with Gasteiger partial charge in [0.05, 0.1) is 0 Å². The van der Waals surface area contributed by atoms with E-state index in [1.165, 1.54) is 24.0 Å². The fourth-order valence-electron chi connectivity index (χ4n) is 2.41. The van der Waals surface area contributed by atoms with Crippen LogP contribution in [0, 0.1) is 6.92 Å². The second kappa shape index (κ2) is 3.15. The van der Waals surface area contributed by atoms with Crippen LogP contribution in [-0.4, -0.2) is 0 Å². The van der Waals surface area contributed by atoms with Crippen molar-refractivity contribution in [3.8, 4) is 0 Å². The topological polar surface area (TPSA) is 26.0 Å². The number of hydrogen-bond donors (Lipinski definition) is 1. The van der Waals surface area contributed by atoms with Crippen LogP contribution in [0.3, 0.4) is 0 Å².